The average molecular weight is 432 g/mol. The molecule has 1 N–H and O–H groups in total. The lowest BCUT2D eigenvalue weighted by Crippen LogP contribution is -2.44. The maximum absolute atomic E-state index is 13.7. The number of amides is 2. The lowest BCUT2D eigenvalue weighted by Gasteiger charge is -2.31. The number of hydrogen-bond donors (Lipinski definition) is 1. The zero-order valence-electron chi connectivity index (χ0n) is 18.5. The standard InChI is InChI=1S/C26H29N3O3/c1-3-4-17-28-25(30)24(23-12-8-9-18-27-23)29(19-20-10-6-5-7-11-20)26(31)21-13-15-22(32-2)16-14-21/h5-16,18,24H,3-4,17,19H2,1-2H3,(H,28,30). The summed E-state index contributed by atoms with van der Waals surface area (Å²) in [6.45, 7) is 2.89. The van der Waals surface area contributed by atoms with E-state index in [2.05, 4.69) is 17.2 Å². The first-order chi connectivity index (χ1) is 15.6. The largest absolute Gasteiger partial charge is 0.497 e. The van der Waals surface area contributed by atoms with Gasteiger partial charge in [-0.2, -0.15) is 0 Å². The predicted octanol–water partition coefficient (Wildman–Crippen LogP) is 4.39. The zero-order chi connectivity index (χ0) is 22.8. The Morgan fingerprint density at radius 3 is 2.34 bits per heavy atom. The third kappa shape index (κ3) is 5.94. The Labute approximate surface area is 189 Å². The first kappa shape index (κ1) is 23.0. The number of pyridine rings is 1. The van der Waals surface area contributed by atoms with Crippen molar-refractivity contribution in [2.24, 2.45) is 0 Å². The van der Waals surface area contributed by atoms with E-state index in [1.54, 1.807) is 54.6 Å². The minimum Gasteiger partial charge on any atom is -0.497 e. The minimum absolute atomic E-state index is 0.241. The summed E-state index contributed by atoms with van der Waals surface area (Å²) in [4.78, 5) is 33.0. The van der Waals surface area contributed by atoms with Crippen molar-refractivity contribution in [2.75, 3.05) is 13.7 Å². The molecule has 0 spiro atoms. The summed E-state index contributed by atoms with van der Waals surface area (Å²) in [5, 5.41) is 2.98. The summed E-state index contributed by atoms with van der Waals surface area (Å²) >= 11 is 0. The van der Waals surface area contributed by atoms with E-state index >= 15 is 0 Å². The second kappa shape index (κ2) is 11.6. The minimum atomic E-state index is -0.858. The van der Waals surface area contributed by atoms with E-state index < -0.39 is 6.04 Å². The fourth-order valence-electron chi connectivity index (χ4n) is 3.42. The van der Waals surface area contributed by atoms with Crippen LogP contribution < -0.4 is 10.1 Å². The molecule has 6 heteroatoms. The van der Waals surface area contributed by atoms with Gasteiger partial charge in [-0.1, -0.05) is 49.7 Å². The molecule has 1 heterocycles. The molecule has 0 bridgehead atoms. The summed E-state index contributed by atoms with van der Waals surface area (Å²) in [5.41, 5.74) is 1.93. The van der Waals surface area contributed by atoms with Gasteiger partial charge in [-0.15, -0.1) is 0 Å². The van der Waals surface area contributed by atoms with E-state index in [-0.39, 0.29) is 18.4 Å². The highest BCUT2D eigenvalue weighted by Crippen LogP contribution is 2.25. The molecule has 1 atom stereocenters. The van der Waals surface area contributed by atoms with E-state index in [4.69, 9.17) is 4.74 Å². The predicted molar refractivity (Wildman–Crippen MR) is 124 cm³/mol. The molecule has 2 aromatic carbocycles. The van der Waals surface area contributed by atoms with Crippen molar-refractivity contribution in [1.29, 1.82) is 0 Å². The number of nitrogens with one attached hydrogen (secondary N) is 1. The molecule has 166 valence electrons. The molecule has 0 fully saturated rings. The molecule has 0 aliphatic rings. The summed E-state index contributed by atoms with van der Waals surface area (Å²) < 4.78 is 5.22. The van der Waals surface area contributed by atoms with Gasteiger partial charge in [0.15, 0.2) is 6.04 Å². The number of benzene rings is 2. The molecule has 6 nitrogen and oxygen atoms in total. The van der Waals surface area contributed by atoms with Crippen molar-refractivity contribution in [3.05, 3.63) is 95.8 Å². The van der Waals surface area contributed by atoms with E-state index in [0.717, 1.165) is 18.4 Å². The van der Waals surface area contributed by atoms with Crippen molar-refractivity contribution in [1.82, 2.24) is 15.2 Å². The molecule has 2 amide bonds. The van der Waals surface area contributed by atoms with Crippen LogP contribution in [0, 0.1) is 0 Å². The second-order valence-corrected chi connectivity index (χ2v) is 7.45. The number of carbonyl (C=O) groups is 2. The molecule has 0 radical (unpaired) electrons. The summed E-state index contributed by atoms with van der Waals surface area (Å²) in [5.74, 6) is 0.169. The van der Waals surface area contributed by atoms with Crippen LogP contribution in [0.4, 0.5) is 0 Å². The maximum atomic E-state index is 13.7. The highest BCUT2D eigenvalue weighted by molar-refractivity contribution is 5.97. The molecule has 1 aromatic heterocycles. The van der Waals surface area contributed by atoms with Crippen LogP contribution in [-0.4, -0.2) is 35.4 Å². The van der Waals surface area contributed by atoms with Crippen LogP contribution in [-0.2, 0) is 11.3 Å². The van der Waals surface area contributed by atoms with Crippen molar-refractivity contribution >= 4 is 11.8 Å². The summed E-state index contributed by atoms with van der Waals surface area (Å²) in [7, 11) is 1.58. The number of unbranched alkanes of at least 4 members (excludes halogenated alkanes) is 1. The molecular formula is C26H29N3O3. The Morgan fingerprint density at radius 2 is 1.72 bits per heavy atom. The van der Waals surface area contributed by atoms with Gasteiger partial charge in [-0.3, -0.25) is 14.6 Å². The van der Waals surface area contributed by atoms with Crippen molar-refractivity contribution in [3.8, 4) is 5.75 Å². The molecule has 0 aliphatic carbocycles. The third-order valence-electron chi connectivity index (χ3n) is 5.15. The fraction of sp³-hybridized carbons (Fsp3) is 0.269. The highest BCUT2D eigenvalue weighted by atomic mass is 16.5. The number of nitrogens with zero attached hydrogens (tertiary/aromatic N) is 2. The molecule has 3 aromatic rings. The van der Waals surface area contributed by atoms with Crippen LogP contribution in [0.3, 0.4) is 0 Å². The third-order valence-corrected chi connectivity index (χ3v) is 5.15. The van der Waals surface area contributed by atoms with Gasteiger partial charge in [-0.25, -0.2) is 0 Å². The van der Waals surface area contributed by atoms with E-state index in [0.29, 0.717) is 23.6 Å². The molecule has 0 saturated heterocycles. The van der Waals surface area contributed by atoms with Gasteiger partial charge in [0.25, 0.3) is 5.91 Å². The second-order valence-electron chi connectivity index (χ2n) is 7.45. The van der Waals surface area contributed by atoms with Gasteiger partial charge in [0, 0.05) is 24.8 Å². The van der Waals surface area contributed by atoms with Crippen molar-refractivity contribution in [3.63, 3.8) is 0 Å². The van der Waals surface area contributed by atoms with Gasteiger partial charge in [-0.05, 0) is 48.4 Å². The number of ether oxygens (including phenoxy) is 1. The molecular weight excluding hydrogens is 402 g/mol. The molecule has 0 saturated carbocycles. The van der Waals surface area contributed by atoms with Gasteiger partial charge >= 0.3 is 0 Å². The van der Waals surface area contributed by atoms with E-state index in [9.17, 15) is 9.59 Å². The quantitative estimate of drug-likeness (QED) is 0.483. The number of aromatic nitrogens is 1. The van der Waals surface area contributed by atoms with Crippen LogP contribution >= 0.6 is 0 Å². The van der Waals surface area contributed by atoms with E-state index in [1.807, 2.05) is 36.4 Å². The number of carbonyl (C=O) groups excluding carboxylic acids is 2. The number of methoxy groups -OCH3 is 1. The van der Waals surface area contributed by atoms with E-state index in [1.165, 1.54) is 0 Å². The van der Waals surface area contributed by atoms with Gasteiger partial charge in [0.05, 0.1) is 12.8 Å². The first-order valence-electron chi connectivity index (χ1n) is 10.8. The average Bonchev–Trinajstić information content (AvgIpc) is 2.85. The Balaban J connectivity index is 2.01. The highest BCUT2D eigenvalue weighted by Gasteiger charge is 2.33. The van der Waals surface area contributed by atoms with Crippen LogP contribution in [0.25, 0.3) is 0 Å². The molecule has 3 rings (SSSR count). The fourth-order valence-corrected chi connectivity index (χ4v) is 3.42. The summed E-state index contributed by atoms with van der Waals surface area (Å²) in [6, 6.07) is 21.1. The van der Waals surface area contributed by atoms with Crippen LogP contribution in [0.15, 0.2) is 79.0 Å². The number of hydrogen-bond acceptors (Lipinski definition) is 4. The summed E-state index contributed by atoms with van der Waals surface area (Å²) in [6.07, 6.45) is 3.47. The van der Waals surface area contributed by atoms with Gasteiger partial charge < -0.3 is 15.0 Å². The SMILES string of the molecule is CCCCNC(=O)C(c1ccccn1)N(Cc1ccccc1)C(=O)c1ccc(OC)cc1. The lowest BCUT2D eigenvalue weighted by atomic mass is 10.1. The first-order valence-corrected chi connectivity index (χ1v) is 10.8. The normalized spacial score (nSPS) is 11.4. The van der Waals surface area contributed by atoms with Crippen LogP contribution in [0.5, 0.6) is 5.75 Å². The van der Waals surface area contributed by atoms with Gasteiger partial charge in [0.2, 0.25) is 5.91 Å². The zero-order valence-corrected chi connectivity index (χ0v) is 18.5. The van der Waals surface area contributed by atoms with Crippen molar-refractivity contribution < 1.29 is 14.3 Å². The Bertz CT molecular complexity index is 992. The molecule has 0 aliphatic heterocycles. The van der Waals surface area contributed by atoms with Crippen LogP contribution in [0.1, 0.15) is 47.4 Å². The monoisotopic (exact) mass is 431 g/mol. The molecule has 32 heavy (non-hydrogen) atoms. The smallest absolute Gasteiger partial charge is 0.255 e. The lowest BCUT2D eigenvalue weighted by molar-refractivity contribution is -0.126. The number of rotatable bonds is 10. The van der Waals surface area contributed by atoms with Crippen LogP contribution in [0.2, 0.25) is 0 Å². The maximum Gasteiger partial charge on any atom is 0.255 e. The van der Waals surface area contributed by atoms with Gasteiger partial charge in [0.1, 0.15) is 5.75 Å². The molecule has 1 unspecified atom stereocenters. The Kier molecular flexibility index (Phi) is 8.37. The van der Waals surface area contributed by atoms with Crippen molar-refractivity contribution in [2.45, 2.75) is 32.4 Å². The Morgan fingerprint density at radius 1 is 1.00 bits per heavy atom. The Hall–Kier alpha value is -3.67. The topological polar surface area (TPSA) is 71.5 Å².